The van der Waals surface area contributed by atoms with E-state index >= 15 is 0 Å². The fourth-order valence-electron chi connectivity index (χ4n) is 4.27. The van der Waals surface area contributed by atoms with Gasteiger partial charge in [0.1, 0.15) is 11.4 Å². The summed E-state index contributed by atoms with van der Waals surface area (Å²) in [4.78, 5) is 12.2. The van der Waals surface area contributed by atoms with E-state index in [9.17, 15) is 4.79 Å². The van der Waals surface area contributed by atoms with E-state index in [1.807, 2.05) is 44.7 Å². The predicted octanol–water partition coefficient (Wildman–Crippen LogP) is 8.14. The molecule has 0 radical (unpaired) electrons. The van der Waals surface area contributed by atoms with Crippen molar-refractivity contribution in [3.05, 3.63) is 138 Å². The van der Waals surface area contributed by atoms with Crippen LogP contribution in [-0.4, -0.2) is 23.9 Å². The molecule has 0 aliphatic carbocycles. The van der Waals surface area contributed by atoms with Crippen LogP contribution in [0.2, 0.25) is 0 Å². The normalized spacial score (nSPS) is 11.6. The van der Waals surface area contributed by atoms with Gasteiger partial charge in [0.2, 0.25) is 0 Å². The quantitative estimate of drug-likeness (QED) is 0.123. The summed E-state index contributed by atoms with van der Waals surface area (Å²) in [6, 6.07) is 39.3. The van der Waals surface area contributed by atoms with Crippen LogP contribution in [0.1, 0.15) is 54.2 Å². The SMILES string of the molecule is CC(C)(C)OC(=O)c1ccc(OCCCSC(c2ccccc2)(c2ccccc2)c2ccccc2)cc1. The molecule has 4 aromatic carbocycles. The number of ether oxygens (including phenoxy) is 2. The highest BCUT2D eigenvalue weighted by molar-refractivity contribution is 8.00. The van der Waals surface area contributed by atoms with Crippen molar-refractivity contribution in [3.63, 3.8) is 0 Å². The van der Waals surface area contributed by atoms with Crippen molar-refractivity contribution in [1.82, 2.24) is 0 Å². The molecule has 0 atom stereocenters. The van der Waals surface area contributed by atoms with E-state index in [1.54, 1.807) is 12.1 Å². The number of rotatable bonds is 10. The van der Waals surface area contributed by atoms with Crippen LogP contribution < -0.4 is 4.74 Å². The molecule has 0 fully saturated rings. The van der Waals surface area contributed by atoms with Crippen LogP contribution in [0, 0.1) is 0 Å². The van der Waals surface area contributed by atoms with Crippen molar-refractivity contribution >= 4 is 17.7 Å². The second-order valence-corrected chi connectivity index (χ2v) is 11.2. The fourth-order valence-corrected chi connectivity index (χ4v) is 5.74. The van der Waals surface area contributed by atoms with Gasteiger partial charge in [0.15, 0.2) is 0 Å². The minimum absolute atomic E-state index is 0.321. The molecule has 0 heterocycles. The molecule has 0 N–H and O–H groups in total. The predicted molar refractivity (Wildman–Crippen MR) is 153 cm³/mol. The Labute approximate surface area is 224 Å². The third-order valence-electron chi connectivity index (χ3n) is 5.91. The van der Waals surface area contributed by atoms with Crippen molar-refractivity contribution in [3.8, 4) is 5.75 Å². The van der Waals surface area contributed by atoms with E-state index < -0.39 is 5.60 Å². The Hall–Kier alpha value is -3.50. The third-order valence-corrected chi connectivity index (χ3v) is 7.54. The molecular formula is C33H34O3S. The summed E-state index contributed by atoms with van der Waals surface area (Å²) >= 11 is 1.93. The number of hydrogen-bond donors (Lipinski definition) is 0. The first-order valence-corrected chi connectivity index (χ1v) is 13.6. The van der Waals surface area contributed by atoms with Gasteiger partial charge in [0.25, 0.3) is 0 Å². The molecule has 4 aromatic rings. The van der Waals surface area contributed by atoms with Crippen LogP contribution in [0.15, 0.2) is 115 Å². The second kappa shape index (κ2) is 12.2. The van der Waals surface area contributed by atoms with Crippen LogP contribution in [0.3, 0.4) is 0 Å². The Morgan fingerprint density at radius 1 is 0.676 bits per heavy atom. The molecule has 4 heteroatoms. The molecule has 0 unspecified atom stereocenters. The Bertz CT molecular complexity index is 1150. The van der Waals surface area contributed by atoms with Crippen LogP contribution in [0.25, 0.3) is 0 Å². The Kier molecular flexibility index (Phi) is 8.73. The molecule has 0 spiro atoms. The summed E-state index contributed by atoms with van der Waals surface area (Å²) in [5, 5.41) is 0. The van der Waals surface area contributed by atoms with Crippen molar-refractivity contribution in [1.29, 1.82) is 0 Å². The van der Waals surface area contributed by atoms with E-state index in [2.05, 4.69) is 91.0 Å². The molecule has 0 aromatic heterocycles. The van der Waals surface area contributed by atoms with Crippen LogP contribution in [-0.2, 0) is 9.48 Å². The summed E-state index contributed by atoms with van der Waals surface area (Å²) in [7, 11) is 0. The number of benzene rings is 4. The maximum atomic E-state index is 12.2. The number of thioether (sulfide) groups is 1. The summed E-state index contributed by atoms with van der Waals surface area (Å²) in [5.41, 5.74) is 3.79. The molecule has 0 bridgehead atoms. The molecule has 0 saturated carbocycles. The Morgan fingerprint density at radius 2 is 1.14 bits per heavy atom. The minimum atomic E-state index is -0.515. The molecular weight excluding hydrogens is 476 g/mol. The lowest BCUT2D eigenvalue weighted by Crippen LogP contribution is -2.26. The van der Waals surface area contributed by atoms with Gasteiger partial charge in [-0.15, -0.1) is 11.8 Å². The summed E-state index contributed by atoms with van der Waals surface area (Å²) in [6.45, 7) is 6.18. The topological polar surface area (TPSA) is 35.5 Å². The molecule has 0 amide bonds. The van der Waals surface area contributed by atoms with Crippen LogP contribution in [0.5, 0.6) is 5.75 Å². The van der Waals surface area contributed by atoms with Crippen molar-refractivity contribution < 1.29 is 14.3 Å². The van der Waals surface area contributed by atoms with Crippen molar-refractivity contribution in [2.75, 3.05) is 12.4 Å². The van der Waals surface area contributed by atoms with Gasteiger partial charge in [0.05, 0.1) is 16.9 Å². The summed E-state index contributed by atoms with van der Waals surface area (Å²) in [6.07, 6.45) is 0.882. The number of carbonyl (C=O) groups excluding carboxylic acids is 1. The highest BCUT2D eigenvalue weighted by Crippen LogP contribution is 2.48. The lowest BCUT2D eigenvalue weighted by Gasteiger charge is -2.35. The smallest absolute Gasteiger partial charge is 0.338 e. The molecule has 0 aliphatic heterocycles. The zero-order valence-electron chi connectivity index (χ0n) is 21.7. The molecule has 37 heavy (non-hydrogen) atoms. The number of carbonyl (C=O) groups is 1. The molecule has 3 nitrogen and oxygen atoms in total. The van der Waals surface area contributed by atoms with Gasteiger partial charge < -0.3 is 9.47 Å². The van der Waals surface area contributed by atoms with Gasteiger partial charge in [-0.25, -0.2) is 4.79 Å². The van der Waals surface area contributed by atoms with E-state index in [1.165, 1.54) is 16.7 Å². The fraction of sp³-hybridized carbons (Fsp3) is 0.242. The lowest BCUT2D eigenvalue weighted by molar-refractivity contribution is 0.00695. The molecule has 190 valence electrons. The van der Waals surface area contributed by atoms with Gasteiger partial charge in [-0.05, 0) is 73.9 Å². The molecule has 0 saturated heterocycles. The monoisotopic (exact) mass is 510 g/mol. The van der Waals surface area contributed by atoms with Crippen LogP contribution >= 0.6 is 11.8 Å². The maximum absolute atomic E-state index is 12.2. The zero-order chi connectivity index (χ0) is 26.1. The summed E-state index contributed by atoms with van der Waals surface area (Å²) in [5.74, 6) is 1.33. The van der Waals surface area contributed by atoms with Gasteiger partial charge in [-0.2, -0.15) is 0 Å². The number of esters is 1. The zero-order valence-corrected chi connectivity index (χ0v) is 22.5. The average Bonchev–Trinajstić information content (AvgIpc) is 2.92. The average molecular weight is 511 g/mol. The highest BCUT2D eigenvalue weighted by atomic mass is 32.2. The second-order valence-electron chi connectivity index (χ2n) is 9.86. The van der Waals surface area contributed by atoms with Gasteiger partial charge in [0, 0.05) is 0 Å². The van der Waals surface area contributed by atoms with E-state index in [4.69, 9.17) is 9.47 Å². The summed E-state index contributed by atoms with van der Waals surface area (Å²) < 4.78 is 11.1. The lowest BCUT2D eigenvalue weighted by atomic mass is 9.84. The van der Waals surface area contributed by atoms with Crippen molar-refractivity contribution in [2.24, 2.45) is 0 Å². The van der Waals surface area contributed by atoms with E-state index in [0.29, 0.717) is 12.2 Å². The maximum Gasteiger partial charge on any atom is 0.338 e. The minimum Gasteiger partial charge on any atom is -0.494 e. The van der Waals surface area contributed by atoms with Gasteiger partial charge in [-0.1, -0.05) is 91.0 Å². The highest BCUT2D eigenvalue weighted by Gasteiger charge is 2.36. The molecule has 0 aliphatic rings. The van der Waals surface area contributed by atoms with Crippen LogP contribution in [0.4, 0.5) is 0 Å². The van der Waals surface area contributed by atoms with Gasteiger partial charge in [-0.3, -0.25) is 0 Å². The number of hydrogen-bond acceptors (Lipinski definition) is 4. The standard InChI is InChI=1S/C33H34O3S/c1-32(2,3)36-31(34)26-20-22-30(23-21-26)35-24-13-25-37-33(27-14-7-4-8-15-27,28-16-9-5-10-17-28)29-18-11-6-12-19-29/h4-12,14-23H,13,24-25H2,1-3H3. The third kappa shape index (κ3) is 6.84. The van der Waals surface area contributed by atoms with E-state index in [-0.39, 0.29) is 10.7 Å². The first-order chi connectivity index (χ1) is 17.9. The van der Waals surface area contributed by atoms with Gasteiger partial charge >= 0.3 is 5.97 Å². The Morgan fingerprint density at radius 3 is 1.57 bits per heavy atom. The largest absolute Gasteiger partial charge is 0.494 e. The Balaban J connectivity index is 1.45. The first kappa shape index (κ1) is 26.6. The van der Waals surface area contributed by atoms with E-state index in [0.717, 1.165) is 17.9 Å². The van der Waals surface area contributed by atoms with Crippen molar-refractivity contribution in [2.45, 2.75) is 37.5 Å². The molecule has 4 rings (SSSR count). The first-order valence-electron chi connectivity index (χ1n) is 12.7.